The second-order valence-electron chi connectivity index (χ2n) is 4.13. The SMILES string of the molecule is Cc1nc(C)c(-c2nc3cccc(C(=O)O)c3o2)o1. The van der Waals surface area contributed by atoms with E-state index in [1.54, 1.807) is 26.0 Å². The quantitative estimate of drug-likeness (QED) is 0.760. The predicted octanol–water partition coefficient (Wildman–Crippen LogP) is 2.80. The van der Waals surface area contributed by atoms with Gasteiger partial charge < -0.3 is 13.9 Å². The molecule has 2 heterocycles. The molecule has 19 heavy (non-hydrogen) atoms. The zero-order chi connectivity index (χ0) is 13.6. The van der Waals surface area contributed by atoms with Crippen molar-refractivity contribution in [2.24, 2.45) is 0 Å². The molecule has 6 heteroatoms. The number of aryl methyl sites for hydroxylation is 2. The van der Waals surface area contributed by atoms with Gasteiger partial charge in [0, 0.05) is 6.92 Å². The molecule has 0 fully saturated rings. The minimum absolute atomic E-state index is 0.0742. The maximum Gasteiger partial charge on any atom is 0.339 e. The Morgan fingerprint density at radius 1 is 1.21 bits per heavy atom. The first-order valence-electron chi connectivity index (χ1n) is 5.63. The van der Waals surface area contributed by atoms with Crippen LogP contribution in [0.2, 0.25) is 0 Å². The number of oxazole rings is 2. The number of aromatic nitrogens is 2. The molecule has 0 aliphatic rings. The third-order valence-electron chi connectivity index (χ3n) is 2.74. The van der Waals surface area contributed by atoms with Crippen LogP contribution in [-0.2, 0) is 0 Å². The van der Waals surface area contributed by atoms with Gasteiger partial charge in [0.15, 0.2) is 11.5 Å². The number of nitrogens with zero attached hydrogens (tertiary/aromatic N) is 2. The molecule has 1 N–H and O–H groups in total. The molecular weight excluding hydrogens is 248 g/mol. The highest BCUT2D eigenvalue weighted by Gasteiger charge is 2.19. The van der Waals surface area contributed by atoms with Crippen LogP contribution in [0.1, 0.15) is 21.9 Å². The third kappa shape index (κ3) is 1.77. The number of rotatable bonds is 2. The highest BCUT2D eigenvalue weighted by atomic mass is 16.4. The van der Waals surface area contributed by atoms with Crippen LogP contribution in [-0.4, -0.2) is 21.0 Å². The first kappa shape index (κ1) is 11.5. The van der Waals surface area contributed by atoms with Crippen molar-refractivity contribution in [3.63, 3.8) is 0 Å². The minimum Gasteiger partial charge on any atom is -0.478 e. The van der Waals surface area contributed by atoms with E-state index in [1.807, 2.05) is 0 Å². The van der Waals surface area contributed by atoms with Crippen molar-refractivity contribution in [3.05, 3.63) is 35.3 Å². The van der Waals surface area contributed by atoms with E-state index in [4.69, 9.17) is 13.9 Å². The molecule has 0 aliphatic heterocycles. The van der Waals surface area contributed by atoms with Crippen LogP contribution in [0.4, 0.5) is 0 Å². The first-order chi connectivity index (χ1) is 9.06. The minimum atomic E-state index is -1.06. The summed E-state index contributed by atoms with van der Waals surface area (Å²) in [5.41, 5.74) is 1.44. The number of hydrogen-bond donors (Lipinski definition) is 1. The number of benzene rings is 1. The molecule has 96 valence electrons. The Kier molecular flexibility index (Phi) is 2.38. The highest BCUT2D eigenvalue weighted by Crippen LogP contribution is 2.29. The summed E-state index contributed by atoms with van der Waals surface area (Å²) in [5, 5.41) is 9.10. The van der Waals surface area contributed by atoms with Crippen molar-refractivity contribution in [2.45, 2.75) is 13.8 Å². The summed E-state index contributed by atoms with van der Waals surface area (Å²) in [6, 6.07) is 4.78. The molecule has 2 aromatic heterocycles. The van der Waals surface area contributed by atoms with Crippen LogP contribution in [0.3, 0.4) is 0 Å². The monoisotopic (exact) mass is 258 g/mol. The molecule has 0 bridgehead atoms. The molecule has 0 unspecified atom stereocenters. The molecule has 0 radical (unpaired) electrons. The van der Waals surface area contributed by atoms with Gasteiger partial charge in [-0.1, -0.05) is 6.07 Å². The van der Waals surface area contributed by atoms with E-state index in [1.165, 1.54) is 6.07 Å². The second-order valence-corrected chi connectivity index (χ2v) is 4.13. The summed E-state index contributed by atoms with van der Waals surface area (Å²) in [5.74, 6) is 0.110. The Morgan fingerprint density at radius 3 is 2.63 bits per heavy atom. The molecule has 6 nitrogen and oxygen atoms in total. The van der Waals surface area contributed by atoms with E-state index < -0.39 is 5.97 Å². The van der Waals surface area contributed by atoms with E-state index in [2.05, 4.69) is 9.97 Å². The van der Waals surface area contributed by atoms with Crippen molar-refractivity contribution in [3.8, 4) is 11.7 Å². The van der Waals surface area contributed by atoms with Crippen LogP contribution in [0.15, 0.2) is 27.0 Å². The number of carbonyl (C=O) groups is 1. The standard InChI is InChI=1S/C13H10N2O4/c1-6-10(18-7(2)14-6)12-15-9-5-3-4-8(13(16)17)11(9)19-12/h3-5H,1-2H3,(H,16,17). The average Bonchev–Trinajstić information content (AvgIpc) is 2.91. The first-order valence-corrected chi connectivity index (χ1v) is 5.63. The lowest BCUT2D eigenvalue weighted by Gasteiger charge is -1.93. The zero-order valence-corrected chi connectivity index (χ0v) is 10.3. The molecule has 0 amide bonds. The summed E-state index contributed by atoms with van der Waals surface area (Å²) in [4.78, 5) is 19.5. The largest absolute Gasteiger partial charge is 0.478 e. The van der Waals surface area contributed by atoms with Gasteiger partial charge in [0.25, 0.3) is 5.89 Å². The fraction of sp³-hybridized carbons (Fsp3) is 0.154. The average molecular weight is 258 g/mol. The maximum atomic E-state index is 11.1. The number of para-hydroxylation sites is 1. The number of carboxylic acids is 1. The summed E-state index contributed by atoms with van der Waals surface area (Å²) < 4.78 is 10.9. The van der Waals surface area contributed by atoms with Gasteiger partial charge in [0.1, 0.15) is 11.1 Å². The Morgan fingerprint density at radius 2 is 2.00 bits per heavy atom. The third-order valence-corrected chi connectivity index (χ3v) is 2.74. The predicted molar refractivity (Wildman–Crippen MR) is 65.9 cm³/mol. The highest BCUT2D eigenvalue weighted by molar-refractivity contribution is 6.00. The maximum absolute atomic E-state index is 11.1. The summed E-state index contributed by atoms with van der Waals surface area (Å²) >= 11 is 0. The van der Waals surface area contributed by atoms with Gasteiger partial charge in [-0.25, -0.2) is 14.8 Å². The lowest BCUT2D eigenvalue weighted by Crippen LogP contribution is -1.95. The molecule has 0 aliphatic carbocycles. The van der Waals surface area contributed by atoms with Gasteiger partial charge in [-0.05, 0) is 19.1 Å². The van der Waals surface area contributed by atoms with Crippen LogP contribution in [0, 0.1) is 13.8 Å². The zero-order valence-electron chi connectivity index (χ0n) is 10.3. The molecule has 0 spiro atoms. The van der Waals surface area contributed by atoms with E-state index in [9.17, 15) is 4.79 Å². The van der Waals surface area contributed by atoms with Crippen molar-refractivity contribution < 1.29 is 18.7 Å². The summed E-state index contributed by atoms with van der Waals surface area (Å²) in [7, 11) is 0. The summed E-state index contributed by atoms with van der Waals surface area (Å²) in [6.07, 6.45) is 0. The van der Waals surface area contributed by atoms with Gasteiger partial charge in [-0.3, -0.25) is 0 Å². The Labute approximate surface area is 107 Å². The van der Waals surface area contributed by atoms with E-state index in [-0.39, 0.29) is 17.0 Å². The smallest absolute Gasteiger partial charge is 0.339 e. The number of fused-ring (bicyclic) bond motifs is 1. The number of carboxylic acid groups (broad SMARTS) is 1. The molecule has 0 saturated heterocycles. The lowest BCUT2D eigenvalue weighted by molar-refractivity contribution is 0.0698. The summed E-state index contributed by atoms with van der Waals surface area (Å²) in [6.45, 7) is 3.50. The van der Waals surface area contributed by atoms with Gasteiger partial charge in [0.2, 0.25) is 5.76 Å². The number of hydrogen-bond acceptors (Lipinski definition) is 5. The van der Waals surface area contributed by atoms with Crippen molar-refractivity contribution >= 4 is 17.1 Å². The molecule has 1 aromatic carbocycles. The second kappa shape index (κ2) is 3.94. The van der Waals surface area contributed by atoms with Crippen LogP contribution in [0.5, 0.6) is 0 Å². The molecule has 0 atom stereocenters. The van der Waals surface area contributed by atoms with Crippen LogP contribution >= 0.6 is 0 Å². The Balaban J connectivity index is 2.25. The van der Waals surface area contributed by atoms with Crippen molar-refractivity contribution in [2.75, 3.05) is 0 Å². The van der Waals surface area contributed by atoms with E-state index in [0.717, 1.165) is 0 Å². The fourth-order valence-corrected chi connectivity index (χ4v) is 1.94. The van der Waals surface area contributed by atoms with Crippen LogP contribution in [0.25, 0.3) is 22.8 Å². The Hall–Kier alpha value is -2.63. The fourth-order valence-electron chi connectivity index (χ4n) is 1.94. The normalized spacial score (nSPS) is 11.1. The van der Waals surface area contributed by atoms with Gasteiger partial charge in [-0.15, -0.1) is 0 Å². The molecular formula is C13H10N2O4. The van der Waals surface area contributed by atoms with Crippen molar-refractivity contribution in [1.29, 1.82) is 0 Å². The van der Waals surface area contributed by atoms with Gasteiger partial charge in [0.05, 0.1) is 5.69 Å². The van der Waals surface area contributed by atoms with E-state index >= 15 is 0 Å². The molecule has 3 aromatic rings. The van der Waals surface area contributed by atoms with Gasteiger partial charge >= 0.3 is 5.97 Å². The topological polar surface area (TPSA) is 89.4 Å². The van der Waals surface area contributed by atoms with E-state index in [0.29, 0.717) is 22.9 Å². The van der Waals surface area contributed by atoms with Crippen molar-refractivity contribution in [1.82, 2.24) is 9.97 Å². The lowest BCUT2D eigenvalue weighted by atomic mass is 10.2. The van der Waals surface area contributed by atoms with Crippen LogP contribution < -0.4 is 0 Å². The Bertz CT molecular complexity index is 785. The molecule has 3 rings (SSSR count). The number of aromatic carboxylic acids is 1. The van der Waals surface area contributed by atoms with Gasteiger partial charge in [-0.2, -0.15) is 0 Å². The molecule has 0 saturated carbocycles.